The normalized spacial score (nSPS) is 15.5. The maximum absolute atomic E-state index is 12.4. The lowest BCUT2D eigenvalue weighted by Gasteiger charge is -2.20. The molecule has 5 aromatic rings. The average Bonchev–Trinajstić information content (AvgIpc) is 3.78. The first-order valence-corrected chi connectivity index (χ1v) is 14.9. The van der Waals surface area contributed by atoms with Gasteiger partial charge in [0.1, 0.15) is 11.6 Å². The second kappa shape index (κ2) is 12.3. The number of aromatic nitrogens is 4. The molecule has 0 bridgehead atoms. The predicted octanol–water partition coefficient (Wildman–Crippen LogP) is 6.01. The minimum Gasteiger partial charge on any atom is -0.341 e. The first kappa shape index (κ1) is 27.9. The van der Waals surface area contributed by atoms with Gasteiger partial charge in [0.25, 0.3) is 0 Å². The zero-order valence-electron chi connectivity index (χ0n) is 24.7. The highest BCUT2D eigenvalue weighted by molar-refractivity contribution is 5.90. The van der Waals surface area contributed by atoms with Crippen LogP contribution in [-0.4, -0.2) is 69.4 Å². The lowest BCUT2D eigenvalue weighted by molar-refractivity contribution is -0.130. The molecule has 0 spiro atoms. The fourth-order valence-corrected chi connectivity index (χ4v) is 5.94. The summed E-state index contributed by atoms with van der Waals surface area (Å²) < 4.78 is 0. The highest BCUT2D eigenvalue weighted by Crippen LogP contribution is 2.32. The van der Waals surface area contributed by atoms with E-state index in [9.17, 15) is 4.79 Å². The van der Waals surface area contributed by atoms with E-state index in [1.807, 2.05) is 17.3 Å². The Balaban J connectivity index is 1.16. The molecule has 1 fully saturated rings. The van der Waals surface area contributed by atoms with Crippen molar-refractivity contribution in [2.75, 3.05) is 33.7 Å². The van der Waals surface area contributed by atoms with Crippen LogP contribution in [0.1, 0.15) is 43.9 Å². The summed E-state index contributed by atoms with van der Waals surface area (Å²) in [6.45, 7) is 4.72. The zero-order valence-corrected chi connectivity index (χ0v) is 24.7. The Labute approximate surface area is 247 Å². The Kier molecular flexibility index (Phi) is 8.17. The van der Waals surface area contributed by atoms with Gasteiger partial charge in [0.2, 0.25) is 5.91 Å². The lowest BCUT2D eigenvalue weighted by Crippen LogP contribution is -2.37. The monoisotopic (exact) mass is 561 g/mol. The number of H-pyrrole nitrogens is 2. The van der Waals surface area contributed by atoms with Gasteiger partial charge in [-0.05, 0) is 79.5 Å². The largest absolute Gasteiger partial charge is 0.341 e. The third-order valence-corrected chi connectivity index (χ3v) is 8.26. The van der Waals surface area contributed by atoms with Crippen LogP contribution in [0.25, 0.3) is 44.4 Å². The molecule has 216 valence electrons. The molecule has 1 aliphatic heterocycles. The lowest BCUT2D eigenvalue weighted by atomic mass is 9.98. The summed E-state index contributed by atoms with van der Waals surface area (Å²) in [6.07, 6.45) is 7.10. The number of carbonyl (C=O) groups is 1. The fraction of sp³-hybridized carbons (Fsp3) is 0.324. The number of likely N-dealkylation sites (tertiary alicyclic amines) is 1. The van der Waals surface area contributed by atoms with Gasteiger partial charge in [-0.15, -0.1) is 0 Å². The van der Waals surface area contributed by atoms with Crippen molar-refractivity contribution in [1.82, 2.24) is 35.1 Å². The van der Waals surface area contributed by atoms with Crippen molar-refractivity contribution >= 4 is 16.7 Å². The number of carbonyl (C=O) groups excluding carboxylic acids is 1. The standard InChI is InChI=1S/C34H39N7O/c1-4-15-41(33(42)21-35-2)22-32-36-19-30(38-32)28-14-13-26-17-25(11-12-27(26)18-28)23-7-9-24(10-8-23)29-20-37-34(39-29)31-6-5-16-40(31)3/h7-14,17-20,31,35H,4-6,15-16,21-22H2,1-3H3,(H,36,38)(H,37,39). The van der Waals surface area contributed by atoms with Crippen LogP contribution >= 0.6 is 0 Å². The van der Waals surface area contributed by atoms with Crippen molar-refractivity contribution in [1.29, 1.82) is 0 Å². The maximum Gasteiger partial charge on any atom is 0.236 e. The number of imidazole rings is 2. The van der Waals surface area contributed by atoms with Crippen LogP contribution in [0.2, 0.25) is 0 Å². The molecule has 0 saturated carbocycles. The highest BCUT2D eigenvalue weighted by Gasteiger charge is 2.25. The van der Waals surface area contributed by atoms with Gasteiger partial charge in [-0.25, -0.2) is 9.97 Å². The third-order valence-electron chi connectivity index (χ3n) is 8.26. The van der Waals surface area contributed by atoms with Gasteiger partial charge in [-0.2, -0.15) is 0 Å². The van der Waals surface area contributed by atoms with Crippen molar-refractivity contribution in [3.8, 4) is 33.6 Å². The molecule has 6 rings (SSSR count). The number of rotatable bonds is 10. The topological polar surface area (TPSA) is 92.9 Å². The second-order valence-electron chi connectivity index (χ2n) is 11.3. The van der Waals surface area contributed by atoms with Crippen LogP contribution in [0.5, 0.6) is 0 Å². The van der Waals surface area contributed by atoms with Crippen LogP contribution in [0.3, 0.4) is 0 Å². The van der Waals surface area contributed by atoms with E-state index in [1.165, 1.54) is 28.3 Å². The summed E-state index contributed by atoms with van der Waals surface area (Å²) in [6, 6.07) is 22.2. The molecule has 1 unspecified atom stereocenters. The molecule has 1 saturated heterocycles. The number of amides is 1. The Morgan fingerprint density at radius 2 is 1.60 bits per heavy atom. The maximum atomic E-state index is 12.4. The molecule has 2 aromatic heterocycles. The quantitative estimate of drug-likeness (QED) is 0.194. The Morgan fingerprint density at radius 3 is 2.31 bits per heavy atom. The van der Waals surface area contributed by atoms with Crippen LogP contribution in [0.4, 0.5) is 0 Å². The smallest absolute Gasteiger partial charge is 0.236 e. The van der Waals surface area contributed by atoms with Crippen molar-refractivity contribution in [2.45, 2.75) is 38.8 Å². The van der Waals surface area contributed by atoms with Gasteiger partial charge in [0, 0.05) is 12.1 Å². The molecule has 1 amide bonds. The van der Waals surface area contributed by atoms with E-state index in [4.69, 9.17) is 0 Å². The fourth-order valence-electron chi connectivity index (χ4n) is 5.94. The number of aromatic amines is 2. The van der Waals surface area contributed by atoms with Crippen LogP contribution in [-0.2, 0) is 11.3 Å². The number of nitrogens with one attached hydrogen (secondary N) is 3. The summed E-state index contributed by atoms with van der Waals surface area (Å²) in [5.41, 5.74) is 6.60. The van der Waals surface area contributed by atoms with Crippen molar-refractivity contribution in [2.24, 2.45) is 0 Å². The van der Waals surface area contributed by atoms with Gasteiger partial charge < -0.3 is 20.2 Å². The third kappa shape index (κ3) is 5.86. The van der Waals surface area contributed by atoms with Crippen LogP contribution in [0.15, 0.2) is 73.1 Å². The van der Waals surface area contributed by atoms with E-state index in [0.29, 0.717) is 25.7 Å². The van der Waals surface area contributed by atoms with E-state index >= 15 is 0 Å². The predicted molar refractivity (Wildman–Crippen MR) is 169 cm³/mol. The number of nitrogens with zero attached hydrogens (tertiary/aromatic N) is 4. The number of benzene rings is 3. The number of likely N-dealkylation sites (N-methyl/N-ethyl adjacent to an activating group) is 1. The summed E-state index contributed by atoms with van der Waals surface area (Å²) in [5, 5.41) is 5.30. The zero-order chi connectivity index (χ0) is 29.1. The summed E-state index contributed by atoms with van der Waals surface area (Å²) in [4.78, 5) is 32.9. The Morgan fingerprint density at radius 1 is 0.929 bits per heavy atom. The summed E-state index contributed by atoms with van der Waals surface area (Å²) in [7, 11) is 3.96. The molecule has 3 N–H and O–H groups in total. The van der Waals surface area contributed by atoms with E-state index < -0.39 is 0 Å². The molecule has 0 radical (unpaired) electrons. The van der Waals surface area contributed by atoms with Gasteiger partial charge in [-0.1, -0.05) is 55.5 Å². The number of hydrogen-bond acceptors (Lipinski definition) is 5. The first-order chi connectivity index (χ1) is 20.5. The Bertz CT molecular complexity index is 1670. The molecule has 8 heteroatoms. The summed E-state index contributed by atoms with van der Waals surface area (Å²) in [5.74, 6) is 1.93. The molecule has 1 atom stereocenters. The van der Waals surface area contributed by atoms with Crippen LogP contribution in [0, 0.1) is 0 Å². The minimum atomic E-state index is 0.0799. The van der Waals surface area contributed by atoms with E-state index in [1.54, 1.807) is 7.05 Å². The number of fused-ring (bicyclic) bond motifs is 1. The second-order valence-corrected chi connectivity index (χ2v) is 11.3. The molecular formula is C34H39N7O. The van der Waals surface area contributed by atoms with Crippen molar-refractivity contribution in [3.05, 3.63) is 84.7 Å². The molecule has 0 aliphatic carbocycles. The van der Waals surface area contributed by atoms with Crippen molar-refractivity contribution in [3.63, 3.8) is 0 Å². The van der Waals surface area contributed by atoms with Gasteiger partial charge in [-0.3, -0.25) is 9.69 Å². The molecule has 1 aliphatic rings. The van der Waals surface area contributed by atoms with Gasteiger partial charge in [0.15, 0.2) is 0 Å². The van der Waals surface area contributed by atoms with E-state index in [-0.39, 0.29) is 5.91 Å². The van der Waals surface area contributed by atoms with Gasteiger partial charge >= 0.3 is 0 Å². The van der Waals surface area contributed by atoms with Crippen LogP contribution < -0.4 is 5.32 Å². The van der Waals surface area contributed by atoms with E-state index in [2.05, 4.69) is 105 Å². The molecular weight excluding hydrogens is 522 g/mol. The SMILES string of the molecule is CCCN(Cc1ncc(-c2ccc3cc(-c4ccc(-c5cnc(C6CCCN6C)[nH]5)cc4)ccc3c2)[nH]1)C(=O)CNC. The number of hydrogen-bond donors (Lipinski definition) is 3. The average molecular weight is 562 g/mol. The van der Waals surface area contributed by atoms with Crippen molar-refractivity contribution < 1.29 is 4.79 Å². The van der Waals surface area contributed by atoms with Gasteiger partial charge in [0.05, 0.1) is 42.9 Å². The minimum absolute atomic E-state index is 0.0799. The molecule has 3 heterocycles. The first-order valence-electron chi connectivity index (χ1n) is 14.9. The molecule has 42 heavy (non-hydrogen) atoms. The molecule has 3 aromatic carbocycles. The summed E-state index contributed by atoms with van der Waals surface area (Å²) >= 11 is 0. The highest BCUT2D eigenvalue weighted by atomic mass is 16.2. The Hall–Kier alpha value is -4.27. The molecule has 8 nitrogen and oxygen atoms in total. The van der Waals surface area contributed by atoms with E-state index in [0.717, 1.165) is 53.5 Å².